The van der Waals surface area contributed by atoms with Crippen molar-refractivity contribution in [1.29, 1.82) is 0 Å². The summed E-state index contributed by atoms with van der Waals surface area (Å²) in [4.78, 5) is 22.7. The van der Waals surface area contributed by atoms with Gasteiger partial charge in [0.25, 0.3) is 5.69 Å². The number of carbonyl (C=O) groups is 1. The summed E-state index contributed by atoms with van der Waals surface area (Å²) < 4.78 is 25.3. The molecule has 0 heterocycles. The van der Waals surface area contributed by atoms with E-state index in [-0.39, 0.29) is 21.7 Å². The smallest absolute Gasteiger partial charge is 0.276 e. The minimum Gasteiger partial charge on any atom is -0.289 e. The van der Waals surface area contributed by atoms with E-state index in [9.17, 15) is 23.3 Å². The van der Waals surface area contributed by atoms with E-state index < -0.39 is 20.7 Å². The normalized spacial score (nSPS) is 11.8. The summed E-state index contributed by atoms with van der Waals surface area (Å²) in [6.07, 6.45) is 2.53. The summed E-state index contributed by atoms with van der Waals surface area (Å²) in [5.74, 6) is -0.450. The summed E-state index contributed by atoms with van der Waals surface area (Å²) in [5.41, 5.74) is 0.353. The maximum absolute atomic E-state index is 12.3. The minimum absolute atomic E-state index is 0.00226. The first kappa shape index (κ1) is 18.5. The monoisotopic (exact) mass is 360 g/mol. The molecule has 0 fully saturated rings. The number of carbonyl (C=O) groups excluding carboxylic acids is 1. The Morgan fingerprint density at radius 2 is 1.80 bits per heavy atom. The van der Waals surface area contributed by atoms with E-state index in [0.717, 1.165) is 4.31 Å². The van der Waals surface area contributed by atoms with Crippen molar-refractivity contribution in [3.8, 4) is 0 Å². The quantitative estimate of drug-likeness (QED) is 0.341. The maximum atomic E-state index is 12.3. The van der Waals surface area contributed by atoms with E-state index in [1.807, 2.05) is 0 Å². The van der Waals surface area contributed by atoms with Crippen molar-refractivity contribution in [2.24, 2.45) is 0 Å². The second-order valence-corrected chi connectivity index (χ2v) is 7.48. The largest absolute Gasteiger partial charge is 0.289 e. The molecule has 2 aromatic rings. The van der Waals surface area contributed by atoms with Crippen LogP contribution < -0.4 is 0 Å². The number of ketones is 1. The van der Waals surface area contributed by atoms with Crippen LogP contribution in [0.1, 0.15) is 15.9 Å². The van der Waals surface area contributed by atoms with Crippen molar-refractivity contribution in [2.45, 2.75) is 4.90 Å². The molecule has 25 heavy (non-hydrogen) atoms. The zero-order chi connectivity index (χ0) is 18.6. The number of sulfonamides is 1. The first-order valence-corrected chi connectivity index (χ1v) is 8.66. The molecule has 0 aliphatic carbocycles. The Kier molecular flexibility index (Phi) is 5.45. The topological polar surface area (TPSA) is 97.6 Å². The second kappa shape index (κ2) is 7.37. The van der Waals surface area contributed by atoms with Crippen molar-refractivity contribution in [3.05, 3.63) is 75.8 Å². The lowest BCUT2D eigenvalue weighted by atomic mass is 10.1. The lowest BCUT2D eigenvalue weighted by Gasteiger charge is -2.11. The van der Waals surface area contributed by atoms with Gasteiger partial charge in [0.15, 0.2) is 5.78 Å². The summed E-state index contributed by atoms with van der Waals surface area (Å²) in [6.45, 7) is 0. The Labute approximate surface area is 145 Å². The molecule has 2 rings (SSSR count). The molecule has 0 spiro atoms. The van der Waals surface area contributed by atoms with Gasteiger partial charge in [-0.3, -0.25) is 14.9 Å². The molecule has 0 aliphatic heterocycles. The van der Waals surface area contributed by atoms with Crippen molar-refractivity contribution >= 4 is 27.6 Å². The van der Waals surface area contributed by atoms with Crippen LogP contribution >= 0.6 is 0 Å². The summed E-state index contributed by atoms with van der Waals surface area (Å²) in [5, 5.41) is 11.0. The minimum atomic E-state index is -3.65. The summed E-state index contributed by atoms with van der Waals surface area (Å²) in [7, 11) is -0.848. The van der Waals surface area contributed by atoms with Crippen molar-refractivity contribution in [3.63, 3.8) is 0 Å². The zero-order valence-corrected chi connectivity index (χ0v) is 14.4. The molecule has 0 atom stereocenters. The molecule has 130 valence electrons. The Balaban J connectivity index is 2.33. The lowest BCUT2D eigenvalue weighted by Crippen LogP contribution is -2.22. The van der Waals surface area contributed by atoms with Crippen LogP contribution in [0.3, 0.4) is 0 Å². The first-order chi connectivity index (χ1) is 11.7. The third-order valence-electron chi connectivity index (χ3n) is 3.44. The average Bonchev–Trinajstić information content (AvgIpc) is 2.59. The highest BCUT2D eigenvalue weighted by Gasteiger charge is 2.18. The predicted molar refractivity (Wildman–Crippen MR) is 93.8 cm³/mol. The Morgan fingerprint density at radius 3 is 2.44 bits per heavy atom. The van der Waals surface area contributed by atoms with Gasteiger partial charge in [0.05, 0.1) is 15.4 Å². The summed E-state index contributed by atoms with van der Waals surface area (Å²) >= 11 is 0. The molecule has 0 N–H and O–H groups in total. The Hall–Kier alpha value is -2.84. The fourth-order valence-corrected chi connectivity index (χ4v) is 3.03. The fraction of sp³-hybridized carbons (Fsp3) is 0.118. The van der Waals surface area contributed by atoms with Gasteiger partial charge < -0.3 is 0 Å². The van der Waals surface area contributed by atoms with Crippen molar-refractivity contribution in [1.82, 2.24) is 4.31 Å². The van der Waals surface area contributed by atoms with Crippen LogP contribution in [0.25, 0.3) is 6.08 Å². The number of nitrogens with zero attached hydrogens (tertiary/aromatic N) is 2. The van der Waals surface area contributed by atoms with Gasteiger partial charge in [-0.2, -0.15) is 0 Å². The van der Waals surface area contributed by atoms with E-state index in [1.54, 1.807) is 6.07 Å². The standard InChI is InChI=1S/C17H16N2O5S/c1-18(2)25(23,24)15-8-5-7-14(12-15)17(20)11-10-13-6-3-4-9-16(13)19(21)22/h3-12H,1-2H3/b11-10+. The number of benzene rings is 2. The Morgan fingerprint density at radius 1 is 1.12 bits per heavy atom. The number of hydrogen-bond donors (Lipinski definition) is 0. The van der Waals surface area contributed by atoms with Gasteiger partial charge in [-0.1, -0.05) is 24.3 Å². The third-order valence-corrected chi connectivity index (χ3v) is 5.26. The van der Waals surface area contributed by atoms with E-state index in [1.165, 1.54) is 68.7 Å². The van der Waals surface area contributed by atoms with Gasteiger partial charge in [-0.05, 0) is 30.4 Å². The number of rotatable bonds is 6. The first-order valence-electron chi connectivity index (χ1n) is 7.22. The van der Waals surface area contributed by atoms with Crippen LogP contribution in [0.4, 0.5) is 5.69 Å². The molecule has 7 nitrogen and oxygen atoms in total. The molecule has 0 radical (unpaired) electrons. The van der Waals surface area contributed by atoms with Crippen LogP contribution in [0.5, 0.6) is 0 Å². The number of nitro benzene ring substituents is 1. The highest BCUT2D eigenvalue weighted by Crippen LogP contribution is 2.20. The number of para-hydroxylation sites is 1. The zero-order valence-electron chi connectivity index (χ0n) is 13.6. The molecular formula is C17H16N2O5S. The number of hydrogen-bond acceptors (Lipinski definition) is 5. The van der Waals surface area contributed by atoms with Crippen LogP contribution in [0, 0.1) is 10.1 Å². The van der Waals surface area contributed by atoms with Crippen molar-refractivity contribution in [2.75, 3.05) is 14.1 Å². The summed E-state index contributed by atoms with van der Waals surface area (Å²) in [6, 6.07) is 11.7. The molecule has 0 aromatic heterocycles. The highest BCUT2D eigenvalue weighted by molar-refractivity contribution is 7.89. The maximum Gasteiger partial charge on any atom is 0.276 e. The number of allylic oxidation sites excluding steroid dienone is 1. The van der Waals surface area contributed by atoms with Gasteiger partial charge in [-0.15, -0.1) is 0 Å². The van der Waals surface area contributed by atoms with Gasteiger partial charge in [0, 0.05) is 25.7 Å². The molecule has 0 saturated heterocycles. The molecule has 2 aromatic carbocycles. The van der Waals surface area contributed by atoms with Gasteiger partial charge in [0.2, 0.25) is 10.0 Å². The molecule has 0 unspecified atom stereocenters. The van der Waals surface area contributed by atoms with Crippen LogP contribution in [-0.2, 0) is 10.0 Å². The van der Waals surface area contributed by atoms with Gasteiger partial charge >= 0.3 is 0 Å². The molecule has 0 bridgehead atoms. The van der Waals surface area contributed by atoms with Gasteiger partial charge in [-0.25, -0.2) is 12.7 Å². The van der Waals surface area contributed by atoms with Gasteiger partial charge in [0.1, 0.15) is 0 Å². The molecule has 0 amide bonds. The SMILES string of the molecule is CN(C)S(=O)(=O)c1cccc(C(=O)/C=C/c2ccccc2[N+](=O)[O-])c1. The van der Waals surface area contributed by atoms with E-state index in [0.29, 0.717) is 0 Å². The second-order valence-electron chi connectivity index (χ2n) is 5.33. The van der Waals surface area contributed by atoms with Crippen LogP contribution in [0.2, 0.25) is 0 Å². The molecule has 0 aliphatic rings. The molecule has 0 saturated carbocycles. The Bertz CT molecular complexity index is 949. The third kappa shape index (κ3) is 4.17. The fourth-order valence-electron chi connectivity index (χ4n) is 2.08. The number of nitro groups is 1. The highest BCUT2D eigenvalue weighted by atomic mass is 32.2. The van der Waals surface area contributed by atoms with E-state index in [4.69, 9.17) is 0 Å². The van der Waals surface area contributed by atoms with E-state index >= 15 is 0 Å². The van der Waals surface area contributed by atoms with E-state index in [2.05, 4.69) is 0 Å². The van der Waals surface area contributed by atoms with Crippen molar-refractivity contribution < 1.29 is 18.1 Å². The lowest BCUT2D eigenvalue weighted by molar-refractivity contribution is -0.385. The molecular weight excluding hydrogens is 344 g/mol. The van der Waals surface area contributed by atoms with Crippen LogP contribution in [-0.4, -0.2) is 37.5 Å². The predicted octanol–water partition coefficient (Wildman–Crippen LogP) is 2.74. The molecule has 8 heteroatoms. The average molecular weight is 360 g/mol. The van der Waals surface area contributed by atoms with Crippen LogP contribution in [0.15, 0.2) is 59.5 Å².